The molecule has 1 amide bonds. The predicted octanol–water partition coefficient (Wildman–Crippen LogP) is 3.46. The zero-order valence-electron chi connectivity index (χ0n) is 20.5. The second-order valence-electron chi connectivity index (χ2n) is 9.07. The number of nitrogens with zero attached hydrogens (tertiary/aromatic N) is 6. The lowest BCUT2D eigenvalue weighted by molar-refractivity contribution is -0.133. The number of aromatic nitrogens is 5. The van der Waals surface area contributed by atoms with Gasteiger partial charge in [-0.3, -0.25) is 14.5 Å². The minimum Gasteiger partial charge on any atom is -0.495 e. The quantitative estimate of drug-likeness (QED) is 0.408. The molecule has 5 rings (SSSR count). The van der Waals surface area contributed by atoms with Crippen LogP contribution in [-0.2, 0) is 17.8 Å². The first kappa shape index (κ1) is 23.5. The summed E-state index contributed by atoms with van der Waals surface area (Å²) in [6.07, 6.45) is 3.86. The van der Waals surface area contributed by atoms with Crippen LogP contribution < -0.4 is 15.8 Å². The van der Waals surface area contributed by atoms with E-state index in [4.69, 9.17) is 10.5 Å². The molecule has 3 aromatic heterocycles. The molecule has 3 N–H and O–H groups in total. The molecule has 4 aromatic rings. The number of nitrogens with two attached hydrogens (primary N) is 1. The Morgan fingerprint density at radius 2 is 1.94 bits per heavy atom. The molecule has 0 radical (unpaired) electrons. The summed E-state index contributed by atoms with van der Waals surface area (Å²) in [5, 5.41) is 16.6. The van der Waals surface area contributed by atoms with E-state index in [0.717, 1.165) is 11.3 Å². The summed E-state index contributed by atoms with van der Waals surface area (Å²) >= 11 is 0. The van der Waals surface area contributed by atoms with E-state index in [1.165, 1.54) is 7.11 Å². The van der Waals surface area contributed by atoms with Crippen molar-refractivity contribution in [3.63, 3.8) is 0 Å². The number of hydrogen-bond acceptors (Lipinski definition) is 8. The first-order valence-electron chi connectivity index (χ1n) is 11.6. The third-order valence-corrected chi connectivity index (χ3v) is 6.49. The molecule has 0 fully saturated rings. The molecule has 0 saturated carbocycles. The van der Waals surface area contributed by atoms with E-state index in [2.05, 4.69) is 25.6 Å². The Balaban J connectivity index is 1.48. The number of anilines is 3. The summed E-state index contributed by atoms with van der Waals surface area (Å²) in [6, 6.07) is 5.46. The smallest absolute Gasteiger partial charge is 0.244 e. The van der Waals surface area contributed by atoms with Crippen LogP contribution in [0.4, 0.5) is 21.7 Å². The number of pyridine rings is 1. The average molecular weight is 491 g/mol. The molecule has 1 aliphatic heterocycles. The van der Waals surface area contributed by atoms with Crippen molar-refractivity contribution in [1.29, 1.82) is 0 Å². The molecule has 4 heterocycles. The standard InChI is InChI=1S/C25H27FN8O2/c1-13(2)33-6-5-16-9-21(32-34(16)12-22(33)35)29-20-8-15-7-17(23(26)24(27)25(15)31-30-20)18-10-28-11-19(36-4)14(18)3/h7-11,13H,5-6,12,27H2,1-4H3,(H,29,30,32). The lowest BCUT2D eigenvalue weighted by Crippen LogP contribution is -2.38. The molecule has 36 heavy (non-hydrogen) atoms. The van der Waals surface area contributed by atoms with Crippen molar-refractivity contribution in [1.82, 2.24) is 29.9 Å². The van der Waals surface area contributed by atoms with Crippen molar-refractivity contribution in [2.24, 2.45) is 0 Å². The van der Waals surface area contributed by atoms with Gasteiger partial charge in [0.2, 0.25) is 5.91 Å². The van der Waals surface area contributed by atoms with E-state index < -0.39 is 5.82 Å². The minimum absolute atomic E-state index is 0.0382. The molecule has 1 aromatic carbocycles. The van der Waals surface area contributed by atoms with Gasteiger partial charge in [-0.2, -0.15) is 5.10 Å². The Bertz CT molecular complexity index is 1480. The fourth-order valence-corrected chi connectivity index (χ4v) is 4.54. The van der Waals surface area contributed by atoms with Crippen LogP contribution in [0, 0.1) is 12.7 Å². The maximum Gasteiger partial charge on any atom is 0.244 e. The van der Waals surface area contributed by atoms with E-state index in [9.17, 15) is 4.79 Å². The highest BCUT2D eigenvalue weighted by Crippen LogP contribution is 2.36. The van der Waals surface area contributed by atoms with E-state index in [-0.39, 0.29) is 29.7 Å². The molecular formula is C25H27FN8O2. The third kappa shape index (κ3) is 4.06. The number of amides is 1. The number of benzene rings is 1. The topological polar surface area (TPSA) is 124 Å². The molecule has 0 atom stereocenters. The number of methoxy groups -OCH3 is 1. The number of carbonyl (C=O) groups excluding carboxylic acids is 1. The van der Waals surface area contributed by atoms with Gasteiger partial charge in [0.05, 0.1) is 19.0 Å². The van der Waals surface area contributed by atoms with Crippen LogP contribution in [0.2, 0.25) is 0 Å². The third-order valence-electron chi connectivity index (χ3n) is 6.49. The van der Waals surface area contributed by atoms with Crippen LogP contribution in [0.15, 0.2) is 30.6 Å². The van der Waals surface area contributed by atoms with Gasteiger partial charge < -0.3 is 20.7 Å². The monoisotopic (exact) mass is 490 g/mol. The van der Waals surface area contributed by atoms with Crippen molar-refractivity contribution in [3.8, 4) is 16.9 Å². The molecular weight excluding hydrogens is 463 g/mol. The zero-order valence-corrected chi connectivity index (χ0v) is 20.5. The van der Waals surface area contributed by atoms with Crippen LogP contribution in [0.5, 0.6) is 5.75 Å². The number of halogens is 1. The second-order valence-corrected chi connectivity index (χ2v) is 9.07. The maximum atomic E-state index is 15.2. The first-order chi connectivity index (χ1) is 17.3. The van der Waals surface area contributed by atoms with E-state index in [0.29, 0.717) is 46.9 Å². The molecule has 0 aliphatic carbocycles. The lowest BCUT2D eigenvalue weighted by Gasteiger charge is -2.24. The number of fused-ring (bicyclic) bond motifs is 2. The first-order valence-corrected chi connectivity index (χ1v) is 11.6. The van der Waals surface area contributed by atoms with Gasteiger partial charge in [0.15, 0.2) is 17.5 Å². The van der Waals surface area contributed by atoms with Crippen molar-refractivity contribution < 1.29 is 13.9 Å². The zero-order chi connectivity index (χ0) is 25.6. The van der Waals surface area contributed by atoms with Crippen molar-refractivity contribution >= 4 is 34.1 Å². The molecule has 186 valence electrons. The van der Waals surface area contributed by atoms with Gasteiger partial charge in [-0.05, 0) is 32.9 Å². The predicted molar refractivity (Wildman–Crippen MR) is 134 cm³/mol. The maximum absolute atomic E-state index is 15.2. The Kier molecular flexibility index (Phi) is 5.91. The van der Waals surface area contributed by atoms with Gasteiger partial charge in [-0.25, -0.2) is 4.39 Å². The summed E-state index contributed by atoms with van der Waals surface area (Å²) in [5.41, 5.74) is 8.84. The van der Waals surface area contributed by atoms with Crippen LogP contribution in [-0.4, -0.2) is 55.5 Å². The Hall–Kier alpha value is -4.28. The summed E-state index contributed by atoms with van der Waals surface area (Å²) in [5.74, 6) is 0.969. The van der Waals surface area contributed by atoms with Gasteiger partial charge in [-0.1, -0.05) is 0 Å². The number of nitrogens with one attached hydrogen (secondary N) is 1. The van der Waals surface area contributed by atoms with Gasteiger partial charge >= 0.3 is 0 Å². The fraction of sp³-hybridized carbons (Fsp3) is 0.320. The minimum atomic E-state index is -0.589. The van der Waals surface area contributed by atoms with Gasteiger partial charge in [0.25, 0.3) is 0 Å². The SMILES string of the molecule is COc1cncc(-c2cc3cc(Nc4cc5n(n4)CC(=O)N(C(C)C)CC5)nnc3c(N)c2F)c1C. The molecule has 1 aliphatic rings. The van der Waals surface area contributed by atoms with E-state index in [1.54, 1.807) is 29.2 Å². The summed E-state index contributed by atoms with van der Waals surface area (Å²) < 4.78 is 22.3. The summed E-state index contributed by atoms with van der Waals surface area (Å²) in [6.45, 7) is 6.68. The number of nitrogen functional groups attached to an aromatic ring is 1. The van der Waals surface area contributed by atoms with Gasteiger partial charge in [-0.15, -0.1) is 10.2 Å². The number of hydrogen-bond donors (Lipinski definition) is 2. The highest BCUT2D eigenvalue weighted by atomic mass is 19.1. The average Bonchev–Trinajstić information content (AvgIpc) is 3.14. The highest BCUT2D eigenvalue weighted by molar-refractivity contribution is 5.95. The molecule has 10 nitrogen and oxygen atoms in total. The highest BCUT2D eigenvalue weighted by Gasteiger charge is 2.24. The molecule has 0 saturated heterocycles. The van der Waals surface area contributed by atoms with E-state index >= 15 is 4.39 Å². The second kappa shape index (κ2) is 9.06. The summed E-state index contributed by atoms with van der Waals surface area (Å²) in [4.78, 5) is 18.6. The van der Waals surface area contributed by atoms with Crippen molar-refractivity contribution in [2.45, 2.75) is 39.8 Å². The van der Waals surface area contributed by atoms with Crippen LogP contribution in [0.3, 0.4) is 0 Å². The van der Waals surface area contributed by atoms with E-state index in [1.807, 2.05) is 31.7 Å². The van der Waals surface area contributed by atoms with Gasteiger partial charge in [0, 0.05) is 59.0 Å². The largest absolute Gasteiger partial charge is 0.495 e. The Morgan fingerprint density at radius 3 is 2.69 bits per heavy atom. The van der Waals surface area contributed by atoms with Crippen molar-refractivity contribution in [3.05, 3.63) is 47.7 Å². The number of ether oxygens (including phenoxy) is 1. The lowest BCUT2D eigenvalue weighted by atomic mass is 9.99. The van der Waals surface area contributed by atoms with Crippen molar-refractivity contribution in [2.75, 3.05) is 24.7 Å². The summed E-state index contributed by atoms with van der Waals surface area (Å²) in [7, 11) is 1.54. The molecule has 0 spiro atoms. The normalized spacial score (nSPS) is 13.7. The van der Waals surface area contributed by atoms with Gasteiger partial charge in [0.1, 0.15) is 17.8 Å². The Morgan fingerprint density at radius 1 is 1.14 bits per heavy atom. The van der Waals surface area contributed by atoms with Crippen LogP contribution >= 0.6 is 0 Å². The van der Waals surface area contributed by atoms with Crippen LogP contribution in [0.1, 0.15) is 25.1 Å². The molecule has 11 heteroatoms. The van der Waals surface area contributed by atoms with Crippen LogP contribution in [0.25, 0.3) is 22.0 Å². The number of rotatable bonds is 5. The molecule has 0 bridgehead atoms. The fourth-order valence-electron chi connectivity index (χ4n) is 4.54. The molecule has 0 unspecified atom stereocenters. The number of carbonyl (C=O) groups is 1. The Labute approximate surface area is 207 Å².